The van der Waals surface area contributed by atoms with Crippen molar-refractivity contribution in [3.8, 4) is 5.75 Å². The number of hydrogen-bond acceptors (Lipinski definition) is 4. The van der Waals surface area contributed by atoms with Gasteiger partial charge in [-0.3, -0.25) is 9.71 Å². The summed E-state index contributed by atoms with van der Waals surface area (Å²) >= 11 is 6.11. The third-order valence-corrected chi connectivity index (χ3v) is 5.52. The maximum Gasteiger partial charge on any atom is 0.261 e. The summed E-state index contributed by atoms with van der Waals surface area (Å²) in [6, 6.07) is 15.1. The number of nitrogens with zero attached hydrogens (tertiary/aromatic N) is 1. The molecule has 138 valence electrons. The van der Waals surface area contributed by atoms with Crippen molar-refractivity contribution in [3.05, 3.63) is 83.1 Å². The van der Waals surface area contributed by atoms with Crippen molar-refractivity contribution in [2.45, 2.75) is 4.90 Å². The summed E-state index contributed by atoms with van der Waals surface area (Å²) in [5, 5.41) is 0.519. The molecule has 0 unspecified atom stereocenters. The first-order chi connectivity index (χ1) is 13.0. The fourth-order valence-corrected chi connectivity index (χ4v) is 3.66. The van der Waals surface area contributed by atoms with Crippen LogP contribution in [0.5, 0.6) is 5.75 Å². The zero-order valence-electron chi connectivity index (χ0n) is 14.5. The van der Waals surface area contributed by atoms with E-state index < -0.39 is 10.0 Å². The minimum Gasteiger partial charge on any atom is -0.497 e. The van der Waals surface area contributed by atoms with Crippen molar-refractivity contribution in [1.29, 1.82) is 0 Å². The van der Waals surface area contributed by atoms with E-state index >= 15 is 0 Å². The molecule has 1 heterocycles. The predicted octanol–water partition coefficient (Wildman–Crippen LogP) is 4.71. The standard InChI is InChI=1S/C20H17ClN2O3S/c1-26-17-8-10-18(11-9-17)27(24,25)23-20-5-3-2-4-16(20)7-6-15-12-13-22-14-19(15)21/h2-14,23H,1H3/b7-6+. The summed E-state index contributed by atoms with van der Waals surface area (Å²) < 4.78 is 33.0. The summed E-state index contributed by atoms with van der Waals surface area (Å²) in [4.78, 5) is 4.10. The molecule has 0 radical (unpaired) electrons. The molecule has 3 aromatic rings. The summed E-state index contributed by atoms with van der Waals surface area (Å²) in [6.07, 6.45) is 6.81. The number of halogens is 1. The largest absolute Gasteiger partial charge is 0.497 e. The van der Waals surface area contributed by atoms with Gasteiger partial charge in [0, 0.05) is 12.4 Å². The number of nitrogens with one attached hydrogen (secondary N) is 1. The van der Waals surface area contributed by atoms with E-state index in [0.29, 0.717) is 22.0 Å². The normalized spacial score (nSPS) is 11.5. The number of sulfonamides is 1. The van der Waals surface area contributed by atoms with E-state index in [-0.39, 0.29) is 4.90 Å². The molecule has 0 aliphatic heterocycles. The minimum absolute atomic E-state index is 0.152. The van der Waals surface area contributed by atoms with Crippen LogP contribution in [0.4, 0.5) is 5.69 Å². The van der Waals surface area contributed by atoms with Crippen molar-refractivity contribution in [3.63, 3.8) is 0 Å². The topological polar surface area (TPSA) is 68.3 Å². The number of methoxy groups -OCH3 is 1. The van der Waals surface area contributed by atoms with Gasteiger partial charge in [0.15, 0.2) is 0 Å². The van der Waals surface area contributed by atoms with Crippen LogP contribution in [0.2, 0.25) is 5.02 Å². The van der Waals surface area contributed by atoms with Gasteiger partial charge in [-0.2, -0.15) is 0 Å². The Morgan fingerprint density at radius 1 is 1.00 bits per heavy atom. The molecule has 3 rings (SSSR count). The first kappa shape index (κ1) is 18.9. The van der Waals surface area contributed by atoms with Gasteiger partial charge in [-0.15, -0.1) is 0 Å². The lowest BCUT2D eigenvalue weighted by atomic mass is 10.1. The number of para-hydroxylation sites is 1. The number of anilines is 1. The van der Waals surface area contributed by atoms with Gasteiger partial charge in [0.2, 0.25) is 0 Å². The molecule has 0 saturated carbocycles. The number of benzene rings is 2. The van der Waals surface area contributed by atoms with E-state index in [2.05, 4.69) is 9.71 Å². The van der Waals surface area contributed by atoms with E-state index in [4.69, 9.17) is 16.3 Å². The molecule has 0 fully saturated rings. The third-order valence-electron chi connectivity index (χ3n) is 3.82. The van der Waals surface area contributed by atoms with Gasteiger partial charge in [0.1, 0.15) is 5.75 Å². The van der Waals surface area contributed by atoms with E-state index in [1.165, 1.54) is 19.2 Å². The maximum atomic E-state index is 12.7. The second-order valence-corrected chi connectivity index (χ2v) is 7.69. The number of hydrogen-bond donors (Lipinski definition) is 1. The van der Waals surface area contributed by atoms with Gasteiger partial charge in [-0.1, -0.05) is 42.0 Å². The second-order valence-electron chi connectivity index (χ2n) is 5.60. The molecular formula is C20H17ClN2O3S. The molecule has 0 atom stereocenters. The van der Waals surface area contributed by atoms with E-state index in [1.54, 1.807) is 48.8 Å². The Kier molecular flexibility index (Phi) is 5.78. The lowest BCUT2D eigenvalue weighted by Gasteiger charge is -2.11. The second kappa shape index (κ2) is 8.24. The minimum atomic E-state index is -3.73. The van der Waals surface area contributed by atoms with Crippen LogP contribution < -0.4 is 9.46 Å². The first-order valence-electron chi connectivity index (χ1n) is 8.03. The van der Waals surface area contributed by atoms with Gasteiger partial charge >= 0.3 is 0 Å². The molecule has 0 aliphatic carbocycles. The summed E-state index contributed by atoms with van der Waals surface area (Å²) in [7, 11) is -2.20. The lowest BCUT2D eigenvalue weighted by Crippen LogP contribution is -2.13. The van der Waals surface area contributed by atoms with Crippen LogP contribution in [-0.4, -0.2) is 20.5 Å². The molecule has 0 spiro atoms. The molecule has 7 heteroatoms. The van der Waals surface area contributed by atoms with Crippen LogP contribution in [0.1, 0.15) is 11.1 Å². The number of ether oxygens (including phenoxy) is 1. The average molecular weight is 401 g/mol. The molecular weight excluding hydrogens is 384 g/mol. The van der Waals surface area contributed by atoms with E-state index in [9.17, 15) is 8.42 Å². The molecule has 5 nitrogen and oxygen atoms in total. The highest BCUT2D eigenvalue weighted by molar-refractivity contribution is 7.92. The van der Waals surface area contributed by atoms with Gasteiger partial charge in [0.05, 0.1) is 22.7 Å². The Bertz CT molecular complexity index is 1060. The zero-order chi connectivity index (χ0) is 19.3. The zero-order valence-corrected chi connectivity index (χ0v) is 16.0. The number of rotatable bonds is 6. The Hall–Kier alpha value is -2.83. The van der Waals surface area contributed by atoms with Crippen LogP contribution in [-0.2, 0) is 10.0 Å². The number of pyridine rings is 1. The van der Waals surface area contributed by atoms with Crippen LogP contribution in [0, 0.1) is 0 Å². The quantitative estimate of drug-likeness (QED) is 0.650. The van der Waals surface area contributed by atoms with Crippen molar-refractivity contribution >= 4 is 39.5 Å². The Labute approximate surface area is 163 Å². The Morgan fingerprint density at radius 3 is 2.41 bits per heavy atom. The highest BCUT2D eigenvalue weighted by Crippen LogP contribution is 2.24. The van der Waals surface area contributed by atoms with Crippen LogP contribution in [0.25, 0.3) is 12.2 Å². The average Bonchev–Trinajstić information content (AvgIpc) is 2.68. The van der Waals surface area contributed by atoms with Gasteiger partial charge < -0.3 is 4.74 Å². The molecule has 0 saturated heterocycles. The molecule has 1 N–H and O–H groups in total. The number of aromatic nitrogens is 1. The predicted molar refractivity (Wildman–Crippen MR) is 108 cm³/mol. The third kappa shape index (κ3) is 4.67. The van der Waals surface area contributed by atoms with Crippen LogP contribution >= 0.6 is 11.6 Å². The van der Waals surface area contributed by atoms with Crippen LogP contribution in [0.3, 0.4) is 0 Å². The van der Waals surface area contributed by atoms with Crippen molar-refractivity contribution in [2.24, 2.45) is 0 Å². The monoisotopic (exact) mass is 400 g/mol. The smallest absolute Gasteiger partial charge is 0.261 e. The fourth-order valence-electron chi connectivity index (χ4n) is 2.39. The lowest BCUT2D eigenvalue weighted by molar-refractivity contribution is 0.414. The summed E-state index contributed by atoms with van der Waals surface area (Å²) in [6.45, 7) is 0. The van der Waals surface area contributed by atoms with Gasteiger partial charge in [0.25, 0.3) is 10.0 Å². The fraction of sp³-hybridized carbons (Fsp3) is 0.0500. The highest BCUT2D eigenvalue weighted by atomic mass is 35.5. The molecule has 0 bridgehead atoms. The summed E-state index contributed by atoms with van der Waals surface area (Å²) in [5.41, 5.74) is 1.97. The van der Waals surface area contributed by atoms with Crippen molar-refractivity contribution in [2.75, 3.05) is 11.8 Å². The van der Waals surface area contributed by atoms with Crippen molar-refractivity contribution < 1.29 is 13.2 Å². The molecule has 2 aromatic carbocycles. The van der Waals surface area contributed by atoms with Crippen LogP contribution in [0.15, 0.2) is 71.9 Å². The van der Waals surface area contributed by atoms with Gasteiger partial charge in [-0.25, -0.2) is 8.42 Å². The molecule has 1 aromatic heterocycles. The molecule has 0 amide bonds. The SMILES string of the molecule is COc1ccc(S(=O)(=O)Nc2ccccc2/C=C/c2ccncc2Cl)cc1. The van der Waals surface area contributed by atoms with Gasteiger partial charge in [-0.05, 0) is 47.5 Å². The van der Waals surface area contributed by atoms with Crippen molar-refractivity contribution in [1.82, 2.24) is 4.98 Å². The summed E-state index contributed by atoms with van der Waals surface area (Å²) in [5.74, 6) is 0.589. The molecule has 0 aliphatic rings. The maximum absolute atomic E-state index is 12.7. The molecule has 27 heavy (non-hydrogen) atoms. The highest BCUT2D eigenvalue weighted by Gasteiger charge is 2.15. The first-order valence-corrected chi connectivity index (χ1v) is 9.89. The van der Waals surface area contributed by atoms with E-state index in [1.807, 2.05) is 18.2 Å². The Balaban J connectivity index is 1.88. The van der Waals surface area contributed by atoms with E-state index in [0.717, 1.165) is 5.56 Å². The Morgan fingerprint density at radius 2 is 1.70 bits per heavy atom.